The summed E-state index contributed by atoms with van der Waals surface area (Å²) in [6.45, 7) is 4.79. The van der Waals surface area contributed by atoms with Gasteiger partial charge in [0.15, 0.2) is 0 Å². The molecule has 0 radical (unpaired) electrons. The number of hydrogen-bond acceptors (Lipinski definition) is 4. The Labute approximate surface area is 114 Å². The van der Waals surface area contributed by atoms with Gasteiger partial charge in [-0.05, 0) is 44.9 Å². The molecule has 6 atom stereocenters. The third-order valence-electron chi connectivity index (χ3n) is 4.63. The molecule has 108 valence electrons. The van der Waals surface area contributed by atoms with Crippen molar-refractivity contribution >= 4 is 5.97 Å². The molecule has 2 saturated heterocycles. The molecule has 3 rings (SSSR count). The molecule has 1 aliphatic carbocycles. The minimum absolute atomic E-state index is 0.0168. The van der Waals surface area contributed by atoms with Crippen molar-refractivity contribution < 1.29 is 19.0 Å². The highest BCUT2D eigenvalue weighted by atomic mass is 16.6. The number of epoxide rings is 2. The van der Waals surface area contributed by atoms with Crippen LogP contribution in [0.2, 0.25) is 0 Å². The summed E-state index contributed by atoms with van der Waals surface area (Å²) in [6, 6.07) is 0. The lowest BCUT2D eigenvalue weighted by molar-refractivity contribution is -0.150. The molecule has 2 heterocycles. The van der Waals surface area contributed by atoms with Crippen molar-refractivity contribution in [2.45, 2.75) is 70.4 Å². The van der Waals surface area contributed by atoms with Crippen LogP contribution in [0.4, 0.5) is 0 Å². The molecule has 0 spiro atoms. The highest BCUT2D eigenvalue weighted by Gasteiger charge is 2.46. The van der Waals surface area contributed by atoms with Crippen molar-refractivity contribution in [3.8, 4) is 0 Å². The standard InChI is InChI=1S/C15H24O4/c1-9(3-5-12-10(2)18-12)8-17-15(16)11-4-6-13-14(7-11)19-13/h9-14H,3-8H2,1-2H3. The molecule has 3 aliphatic rings. The normalized spacial score (nSPS) is 41.3. The number of hydrogen-bond donors (Lipinski definition) is 0. The zero-order chi connectivity index (χ0) is 13.4. The van der Waals surface area contributed by atoms with E-state index in [4.69, 9.17) is 14.2 Å². The first-order chi connectivity index (χ1) is 9.13. The van der Waals surface area contributed by atoms with Crippen LogP contribution in [0.15, 0.2) is 0 Å². The maximum atomic E-state index is 12.0. The van der Waals surface area contributed by atoms with Crippen molar-refractivity contribution in [3.63, 3.8) is 0 Å². The second kappa shape index (κ2) is 5.41. The van der Waals surface area contributed by atoms with E-state index in [1.165, 1.54) is 0 Å². The first-order valence-electron chi connectivity index (χ1n) is 7.61. The predicted molar refractivity (Wildman–Crippen MR) is 69.7 cm³/mol. The Kier molecular flexibility index (Phi) is 3.81. The van der Waals surface area contributed by atoms with Crippen LogP contribution >= 0.6 is 0 Å². The molecule has 19 heavy (non-hydrogen) atoms. The van der Waals surface area contributed by atoms with Crippen molar-refractivity contribution in [3.05, 3.63) is 0 Å². The van der Waals surface area contributed by atoms with E-state index in [1.807, 2.05) is 0 Å². The maximum Gasteiger partial charge on any atom is 0.309 e. The van der Waals surface area contributed by atoms with Gasteiger partial charge in [-0.1, -0.05) is 6.92 Å². The summed E-state index contributed by atoms with van der Waals surface area (Å²) in [6.07, 6.45) is 6.65. The number of esters is 1. The summed E-state index contributed by atoms with van der Waals surface area (Å²) in [4.78, 5) is 12.0. The molecule has 4 nitrogen and oxygen atoms in total. The number of carbonyl (C=O) groups is 1. The summed E-state index contributed by atoms with van der Waals surface area (Å²) in [7, 11) is 0. The zero-order valence-electron chi connectivity index (χ0n) is 11.8. The van der Waals surface area contributed by atoms with Gasteiger partial charge in [-0.15, -0.1) is 0 Å². The summed E-state index contributed by atoms with van der Waals surface area (Å²) in [5.41, 5.74) is 0. The second-order valence-electron chi connectivity index (χ2n) is 6.42. The van der Waals surface area contributed by atoms with Gasteiger partial charge in [-0.2, -0.15) is 0 Å². The Hall–Kier alpha value is -0.610. The topological polar surface area (TPSA) is 51.4 Å². The Balaban J connectivity index is 1.30. The van der Waals surface area contributed by atoms with Crippen molar-refractivity contribution in [2.75, 3.05) is 6.61 Å². The molecule has 4 heteroatoms. The highest BCUT2D eigenvalue weighted by Crippen LogP contribution is 2.39. The highest BCUT2D eigenvalue weighted by molar-refractivity contribution is 5.72. The van der Waals surface area contributed by atoms with Crippen LogP contribution in [0.25, 0.3) is 0 Å². The van der Waals surface area contributed by atoms with E-state index in [2.05, 4.69) is 13.8 Å². The molecule has 3 fully saturated rings. The molecule has 0 bridgehead atoms. The van der Waals surface area contributed by atoms with Crippen LogP contribution < -0.4 is 0 Å². The van der Waals surface area contributed by atoms with Crippen molar-refractivity contribution in [1.82, 2.24) is 0 Å². The fraction of sp³-hybridized carbons (Fsp3) is 0.933. The monoisotopic (exact) mass is 268 g/mol. The first-order valence-corrected chi connectivity index (χ1v) is 7.61. The van der Waals surface area contributed by atoms with Gasteiger partial charge in [-0.25, -0.2) is 0 Å². The van der Waals surface area contributed by atoms with Crippen LogP contribution in [-0.4, -0.2) is 37.0 Å². The van der Waals surface area contributed by atoms with Gasteiger partial charge in [0.25, 0.3) is 0 Å². The van der Waals surface area contributed by atoms with Gasteiger partial charge in [0, 0.05) is 0 Å². The molecule has 2 aliphatic heterocycles. The summed E-state index contributed by atoms with van der Waals surface area (Å²) in [5, 5.41) is 0. The van der Waals surface area contributed by atoms with E-state index in [0.29, 0.717) is 36.9 Å². The van der Waals surface area contributed by atoms with Crippen LogP contribution in [0.1, 0.15) is 46.0 Å². The molecule has 0 aromatic carbocycles. The minimum Gasteiger partial charge on any atom is -0.465 e. The number of carbonyl (C=O) groups excluding carboxylic acids is 1. The molecule has 1 saturated carbocycles. The summed E-state index contributed by atoms with van der Waals surface area (Å²) >= 11 is 0. The average Bonchev–Trinajstić information content (AvgIpc) is 3.29. The van der Waals surface area contributed by atoms with Gasteiger partial charge in [-0.3, -0.25) is 4.79 Å². The Morgan fingerprint density at radius 2 is 2.11 bits per heavy atom. The Morgan fingerprint density at radius 3 is 2.79 bits per heavy atom. The Morgan fingerprint density at radius 1 is 1.32 bits per heavy atom. The number of fused-ring (bicyclic) bond motifs is 1. The summed E-state index contributed by atoms with van der Waals surface area (Å²) < 4.78 is 16.3. The van der Waals surface area contributed by atoms with E-state index in [-0.39, 0.29) is 11.9 Å². The van der Waals surface area contributed by atoms with Crippen LogP contribution in [0.5, 0.6) is 0 Å². The largest absolute Gasteiger partial charge is 0.465 e. The lowest BCUT2D eigenvalue weighted by Gasteiger charge is -2.19. The second-order valence-corrected chi connectivity index (χ2v) is 6.42. The lowest BCUT2D eigenvalue weighted by Crippen LogP contribution is -2.25. The fourth-order valence-corrected chi connectivity index (χ4v) is 3.03. The van der Waals surface area contributed by atoms with Gasteiger partial charge >= 0.3 is 5.97 Å². The molecular formula is C15H24O4. The molecule has 6 unspecified atom stereocenters. The average molecular weight is 268 g/mol. The molecule has 0 N–H and O–H groups in total. The molecular weight excluding hydrogens is 244 g/mol. The quantitative estimate of drug-likeness (QED) is 0.548. The third kappa shape index (κ3) is 3.48. The molecule has 0 amide bonds. The van der Waals surface area contributed by atoms with Gasteiger partial charge in [0.1, 0.15) is 0 Å². The van der Waals surface area contributed by atoms with E-state index < -0.39 is 0 Å². The van der Waals surface area contributed by atoms with Crippen LogP contribution in [0.3, 0.4) is 0 Å². The van der Waals surface area contributed by atoms with E-state index >= 15 is 0 Å². The van der Waals surface area contributed by atoms with Gasteiger partial charge < -0.3 is 14.2 Å². The smallest absolute Gasteiger partial charge is 0.309 e. The number of rotatable bonds is 6. The third-order valence-corrected chi connectivity index (χ3v) is 4.63. The zero-order valence-corrected chi connectivity index (χ0v) is 11.8. The minimum atomic E-state index is -0.0168. The van der Waals surface area contributed by atoms with Gasteiger partial charge in [0.2, 0.25) is 0 Å². The molecule has 0 aromatic heterocycles. The number of ether oxygens (including phenoxy) is 3. The van der Waals surface area contributed by atoms with Crippen molar-refractivity contribution in [2.24, 2.45) is 11.8 Å². The first kappa shape index (κ1) is 13.4. The Bertz CT molecular complexity index is 343. The van der Waals surface area contributed by atoms with Crippen LogP contribution in [0, 0.1) is 11.8 Å². The summed E-state index contributed by atoms with van der Waals surface area (Å²) in [5.74, 6) is 0.480. The van der Waals surface area contributed by atoms with E-state index in [1.54, 1.807) is 0 Å². The van der Waals surface area contributed by atoms with E-state index in [9.17, 15) is 4.79 Å². The van der Waals surface area contributed by atoms with Crippen molar-refractivity contribution in [1.29, 1.82) is 0 Å². The SMILES string of the molecule is CC(CCC1OC1C)COC(=O)C1CCC2OC2C1. The van der Waals surface area contributed by atoms with Crippen LogP contribution in [-0.2, 0) is 19.0 Å². The maximum absolute atomic E-state index is 12.0. The van der Waals surface area contributed by atoms with E-state index in [0.717, 1.165) is 32.1 Å². The fourth-order valence-electron chi connectivity index (χ4n) is 3.03. The lowest BCUT2D eigenvalue weighted by atomic mass is 9.89. The predicted octanol–water partition coefficient (Wildman–Crippen LogP) is 2.30. The molecule has 0 aromatic rings. The van der Waals surface area contributed by atoms with Gasteiger partial charge in [0.05, 0.1) is 36.9 Å².